The van der Waals surface area contributed by atoms with Crippen molar-refractivity contribution in [3.8, 4) is 0 Å². The number of hydrogen-bond acceptors (Lipinski definition) is 4. The lowest BCUT2D eigenvalue weighted by Gasteiger charge is -2.23. The minimum absolute atomic E-state index is 0.169. The van der Waals surface area contributed by atoms with Gasteiger partial charge in [0.25, 0.3) is 0 Å². The van der Waals surface area contributed by atoms with Gasteiger partial charge in [0, 0.05) is 25.7 Å². The van der Waals surface area contributed by atoms with Crippen LogP contribution in [0.4, 0.5) is 4.79 Å². The monoisotopic (exact) mass is 393 g/mol. The Morgan fingerprint density at radius 2 is 1.96 bits per heavy atom. The molecule has 0 aromatic rings. The van der Waals surface area contributed by atoms with Crippen LogP contribution >= 0.6 is 0 Å². The minimum atomic E-state index is -0.889. The molecule has 0 spiro atoms. The second-order valence-corrected chi connectivity index (χ2v) is 7.06. The maximum atomic E-state index is 12.7. The molecule has 0 bridgehead atoms. The summed E-state index contributed by atoms with van der Waals surface area (Å²) < 4.78 is 0. The van der Waals surface area contributed by atoms with Crippen molar-refractivity contribution in [3.05, 3.63) is 24.3 Å². The zero-order valence-corrected chi connectivity index (χ0v) is 16.9. The Kier molecular flexibility index (Phi) is 9.76. The van der Waals surface area contributed by atoms with Crippen LogP contribution in [-0.4, -0.2) is 55.5 Å². The number of rotatable bonds is 5. The van der Waals surface area contributed by atoms with Crippen LogP contribution in [0.25, 0.3) is 0 Å². The van der Waals surface area contributed by atoms with Gasteiger partial charge in [0.15, 0.2) is 0 Å². The number of carbonyl (C=O) groups is 4. The second-order valence-electron chi connectivity index (χ2n) is 7.06. The van der Waals surface area contributed by atoms with Crippen LogP contribution < -0.4 is 26.6 Å². The molecule has 0 aromatic carbocycles. The van der Waals surface area contributed by atoms with Crippen LogP contribution in [0.5, 0.6) is 0 Å². The largest absolute Gasteiger partial charge is 0.352 e. The predicted octanol–water partition coefficient (Wildman–Crippen LogP) is -0.0481. The van der Waals surface area contributed by atoms with E-state index >= 15 is 0 Å². The molecule has 0 fully saturated rings. The summed E-state index contributed by atoms with van der Waals surface area (Å²) in [7, 11) is 1.47. The summed E-state index contributed by atoms with van der Waals surface area (Å²) in [5, 5.41) is 13.2. The molecule has 0 saturated carbocycles. The molecular formula is C19H31N5O4. The Balaban J connectivity index is 2.90. The van der Waals surface area contributed by atoms with E-state index in [0.717, 1.165) is 0 Å². The molecule has 1 heterocycles. The van der Waals surface area contributed by atoms with Crippen molar-refractivity contribution in [3.63, 3.8) is 0 Å². The van der Waals surface area contributed by atoms with Crippen molar-refractivity contribution in [1.29, 1.82) is 0 Å². The molecule has 28 heavy (non-hydrogen) atoms. The average Bonchev–Trinajstić information content (AvgIpc) is 2.62. The highest BCUT2D eigenvalue weighted by Crippen LogP contribution is 2.06. The summed E-state index contributed by atoms with van der Waals surface area (Å²) in [4.78, 5) is 48.5. The van der Waals surface area contributed by atoms with Crippen molar-refractivity contribution in [2.75, 3.05) is 13.6 Å². The smallest absolute Gasteiger partial charge is 0.315 e. The van der Waals surface area contributed by atoms with Gasteiger partial charge in [-0.05, 0) is 25.7 Å². The SMILES string of the molecule is CNC(=O)NC(CC(C)C)C(=O)NC1C=CCCNC(=O)C=CC(C)NC1=O. The minimum Gasteiger partial charge on any atom is -0.352 e. The summed E-state index contributed by atoms with van der Waals surface area (Å²) >= 11 is 0. The van der Waals surface area contributed by atoms with E-state index in [1.807, 2.05) is 13.8 Å². The summed E-state index contributed by atoms with van der Waals surface area (Å²) in [5.74, 6) is -0.893. The van der Waals surface area contributed by atoms with E-state index in [1.54, 1.807) is 25.2 Å². The first-order chi connectivity index (χ1) is 13.2. The number of carbonyl (C=O) groups excluding carboxylic acids is 4. The van der Waals surface area contributed by atoms with E-state index in [2.05, 4.69) is 26.6 Å². The Labute approximate surface area is 165 Å². The van der Waals surface area contributed by atoms with Crippen LogP contribution in [0.2, 0.25) is 0 Å². The number of hydrogen-bond donors (Lipinski definition) is 5. The first-order valence-corrected chi connectivity index (χ1v) is 9.44. The molecular weight excluding hydrogens is 362 g/mol. The van der Waals surface area contributed by atoms with Gasteiger partial charge >= 0.3 is 6.03 Å². The van der Waals surface area contributed by atoms with E-state index < -0.39 is 29.9 Å². The molecule has 3 unspecified atom stereocenters. The fourth-order valence-electron chi connectivity index (χ4n) is 2.55. The third kappa shape index (κ3) is 8.70. The van der Waals surface area contributed by atoms with Crippen molar-refractivity contribution in [2.24, 2.45) is 5.92 Å². The summed E-state index contributed by atoms with van der Waals surface area (Å²) in [6.45, 7) is 6.03. The van der Waals surface area contributed by atoms with Crippen molar-refractivity contribution >= 4 is 23.8 Å². The van der Waals surface area contributed by atoms with Gasteiger partial charge in [-0.3, -0.25) is 14.4 Å². The van der Waals surface area contributed by atoms with Crippen molar-refractivity contribution in [1.82, 2.24) is 26.6 Å². The maximum Gasteiger partial charge on any atom is 0.315 e. The zero-order valence-electron chi connectivity index (χ0n) is 16.9. The van der Waals surface area contributed by atoms with Crippen molar-refractivity contribution < 1.29 is 19.2 Å². The molecule has 5 amide bonds. The number of nitrogens with one attached hydrogen (secondary N) is 5. The van der Waals surface area contributed by atoms with Gasteiger partial charge in [0.2, 0.25) is 17.7 Å². The summed E-state index contributed by atoms with van der Waals surface area (Å²) in [6, 6.07) is -2.51. The molecule has 0 radical (unpaired) electrons. The molecule has 9 nitrogen and oxygen atoms in total. The zero-order chi connectivity index (χ0) is 21.1. The Bertz CT molecular complexity index is 630. The van der Waals surface area contributed by atoms with E-state index in [9.17, 15) is 19.2 Å². The van der Waals surface area contributed by atoms with Gasteiger partial charge in [-0.1, -0.05) is 32.1 Å². The first-order valence-electron chi connectivity index (χ1n) is 9.44. The van der Waals surface area contributed by atoms with Crippen LogP contribution in [0.3, 0.4) is 0 Å². The lowest BCUT2D eigenvalue weighted by molar-refractivity contribution is -0.129. The first kappa shape index (κ1) is 23.2. The summed E-state index contributed by atoms with van der Waals surface area (Å²) in [5.41, 5.74) is 0. The Morgan fingerprint density at radius 3 is 2.61 bits per heavy atom. The lowest BCUT2D eigenvalue weighted by atomic mass is 10.0. The van der Waals surface area contributed by atoms with E-state index in [4.69, 9.17) is 0 Å². The van der Waals surface area contributed by atoms with Gasteiger partial charge < -0.3 is 26.6 Å². The Morgan fingerprint density at radius 1 is 1.25 bits per heavy atom. The highest BCUT2D eigenvalue weighted by atomic mass is 16.2. The van der Waals surface area contributed by atoms with Crippen LogP contribution in [0.1, 0.15) is 33.6 Å². The fraction of sp³-hybridized carbons (Fsp3) is 0.579. The molecule has 9 heteroatoms. The molecule has 0 aromatic heterocycles. The van der Waals surface area contributed by atoms with Gasteiger partial charge in [0.1, 0.15) is 12.1 Å². The fourth-order valence-corrected chi connectivity index (χ4v) is 2.55. The molecule has 156 valence electrons. The summed E-state index contributed by atoms with van der Waals surface area (Å²) in [6.07, 6.45) is 7.21. The number of urea groups is 1. The molecule has 1 aliphatic heterocycles. The number of amides is 5. The van der Waals surface area contributed by atoms with Gasteiger partial charge in [-0.25, -0.2) is 4.79 Å². The Hall–Kier alpha value is -2.84. The van der Waals surface area contributed by atoms with E-state index in [0.29, 0.717) is 19.4 Å². The quantitative estimate of drug-likeness (QED) is 0.420. The van der Waals surface area contributed by atoms with Crippen LogP contribution in [0.15, 0.2) is 24.3 Å². The van der Waals surface area contributed by atoms with Gasteiger partial charge in [-0.2, -0.15) is 0 Å². The lowest BCUT2D eigenvalue weighted by Crippen LogP contribution is -2.55. The highest BCUT2D eigenvalue weighted by molar-refractivity contribution is 5.93. The molecule has 1 aliphatic rings. The second kappa shape index (κ2) is 11.8. The van der Waals surface area contributed by atoms with Gasteiger partial charge in [-0.15, -0.1) is 0 Å². The molecule has 3 atom stereocenters. The standard InChI is InChI=1S/C19H31N5O4/c1-12(2)11-15(24-19(28)20-4)18(27)23-14-7-5-6-10-21-16(25)9-8-13(3)22-17(14)26/h5,7-9,12-15H,6,10-11H2,1-4H3,(H,21,25)(H,22,26)(H,23,27)(H2,20,24,28). The average molecular weight is 393 g/mol. The topological polar surface area (TPSA) is 128 Å². The van der Waals surface area contributed by atoms with Crippen LogP contribution in [0, 0.1) is 5.92 Å². The third-order valence-corrected chi connectivity index (χ3v) is 3.98. The van der Waals surface area contributed by atoms with Gasteiger partial charge in [0.05, 0.1) is 0 Å². The normalized spacial score (nSPS) is 21.6. The maximum absolute atomic E-state index is 12.7. The molecule has 0 aliphatic carbocycles. The predicted molar refractivity (Wildman–Crippen MR) is 106 cm³/mol. The van der Waals surface area contributed by atoms with Crippen LogP contribution in [-0.2, 0) is 14.4 Å². The molecule has 5 N–H and O–H groups in total. The van der Waals surface area contributed by atoms with Crippen molar-refractivity contribution in [2.45, 2.75) is 51.7 Å². The third-order valence-electron chi connectivity index (χ3n) is 3.98. The highest BCUT2D eigenvalue weighted by Gasteiger charge is 2.26. The van der Waals surface area contributed by atoms with E-state index in [1.165, 1.54) is 13.1 Å². The molecule has 0 saturated heterocycles. The molecule has 1 rings (SSSR count). The van der Waals surface area contributed by atoms with E-state index in [-0.39, 0.29) is 17.9 Å².